The molecule has 0 aliphatic carbocycles. The third-order valence-corrected chi connectivity index (χ3v) is 3.65. The topological polar surface area (TPSA) is 79.2 Å². The molecule has 19 heavy (non-hydrogen) atoms. The summed E-state index contributed by atoms with van der Waals surface area (Å²) >= 11 is 0. The van der Waals surface area contributed by atoms with Gasteiger partial charge in [-0.15, -0.1) is 0 Å². The highest BCUT2D eigenvalue weighted by molar-refractivity contribution is 5.89. The number of benzene rings is 1. The van der Waals surface area contributed by atoms with Gasteiger partial charge in [-0.25, -0.2) is 0 Å². The van der Waals surface area contributed by atoms with Crippen molar-refractivity contribution in [3.05, 3.63) is 36.0 Å². The molecule has 3 rings (SSSR count). The predicted octanol–water partition coefficient (Wildman–Crippen LogP) is 1.00. The molecule has 2 heterocycles. The van der Waals surface area contributed by atoms with Gasteiger partial charge in [0.15, 0.2) is 0 Å². The van der Waals surface area contributed by atoms with Crippen molar-refractivity contribution in [1.29, 1.82) is 0 Å². The first kappa shape index (κ1) is 11.8. The highest BCUT2D eigenvalue weighted by Gasteiger charge is 2.33. The second-order valence-electron chi connectivity index (χ2n) is 4.94. The van der Waals surface area contributed by atoms with Crippen LogP contribution in [-0.2, 0) is 16.1 Å². The highest BCUT2D eigenvalue weighted by atomic mass is 16.2. The number of carbonyl (C=O) groups is 2. The molecule has 0 spiro atoms. The number of carbonyl (C=O) groups excluding carboxylic acids is 2. The van der Waals surface area contributed by atoms with Gasteiger partial charge in [-0.05, 0) is 11.6 Å². The molecular weight excluding hydrogens is 242 g/mol. The molecule has 1 saturated heterocycles. The number of nitrogens with two attached hydrogens (primary N) is 1. The van der Waals surface area contributed by atoms with E-state index in [1.807, 2.05) is 30.5 Å². The number of H-pyrrole nitrogens is 1. The molecule has 0 bridgehead atoms. The van der Waals surface area contributed by atoms with E-state index in [-0.39, 0.29) is 18.2 Å². The van der Waals surface area contributed by atoms with E-state index >= 15 is 0 Å². The van der Waals surface area contributed by atoms with Crippen LogP contribution in [0.15, 0.2) is 30.5 Å². The van der Waals surface area contributed by atoms with Gasteiger partial charge in [0, 0.05) is 36.6 Å². The van der Waals surface area contributed by atoms with Crippen molar-refractivity contribution in [1.82, 2.24) is 9.88 Å². The van der Waals surface area contributed by atoms with Crippen LogP contribution in [0.4, 0.5) is 0 Å². The lowest BCUT2D eigenvalue weighted by Gasteiger charge is -2.15. The van der Waals surface area contributed by atoms with Crippen molar-refractivity contribution in [3.8, 4) is 0 Å². The number of aromatic nitrogens is 1. The standard InChI is InChI=1S/C14H15N3O2/c15-14(19)9-5-13(18)17(7-9)8-10-6-16-12-4-2-1-3-11(10)12/h1-4,6,9,16H,5,7-8H2,(H2,15,19). The molecule has 1 fully saturated rings. The van der Waals surface area contributed by atoms with Crippen LogP contribution < -0.4 is 5.73 Å². The number of rotatable bonds is 3. The molecule has 1 atom stereocenters. The summed E-state index contributed by atoms with van der Waals surface area (Å²) in [5, 5.41) is 1.11. The van der Waals surface area contributed by atoms with E-state index in [1.165, 1.54) is 0 Å². The first-order valence-corrected chi connectivity index (χ1v) is 6.27. The summed E-state index contributed by atoms with van der Waals surface area (Å²) in [6.45, 7) is 0.945. The van der Waals surface area contributed by atoms with E-state index in [0.29, 0.717) is 13.1 Å². The van der Waals surface area contributed by atoms with Gasteiger partial charge in [0.1, 0.15) is 0 Å². The predicted molar refractivity (Wildman–Crippen MR) is 71.0 cm³/mol. The maximum Gasteiger partial charge on any atom is 0.223 e. The number of primary amides is 1. The van der Waals surface area contributed by atoms with Crippen LogP contribution in [0.3, 0.4) is 0 Å². The van der Waals surface area contributed by atoms with Gasteiger partial charge in [0.2, 0.25) is 11.8 Å². The number of hydrogen-bond donors (Lipinski definition) is 2. The van der Waals surface area contributed by atoms with Gasteiger partial charge in [-0.1, -0.05) is 18.2 Å². The van der Waals surface area contributed by atoms with Crippen LogP contribution in [0.25, 0.3) is 10.9 Å². The lowest BCUT2D eigenvalue weighted by molar-refractivity contribution is -0.128. The Bertz CT molecular complexity index is 647. The smallest absolute Gasteiger partial charge is 0.223 e. The molecule has 5 heteroatoms. The van der Waals surface area contributed by atoms with Crippen molar-refractivity contribution in [3.63, 3.8) is 0 Å². The lowest BCUT2D eigenvalue weighted by Crippen LogP contribution is -2.28. The van der Waals surface area contributed by atoms with Crippen LogP contribution in [0.5, 0.6) is 0 Å². The molecule has 0 radical (unpaired) electrons. The highest BCUT2D eigenvalue weighted by Crippen LogP contribution is 2.24. The number of fused-ring (bicyclic) bond motifs is 1. The van der Waals surface area contributed by atoms with Crippen molar-refractivity contribution in [2.45, 2.75) is 13.0 Å². The van der Waals surface area contributed by atoms with Gasteiger partial charge in [0.25, 0.3) is 0 Å². The Balaban J connectivity index is 1.82. The fourth-order valence-corrected chi connectivity index (χ4v) is 2.58. The van der Waals surface area contributed by atoms with Crippen molar-refractivity contribution in [2.24, 2.45) is 11.7 Å². The monoisotopic (exact) mass is 257 g/mol. The first-order chi connectivity index (χ1) is 9.15. The summed E-state index contributed by atoms with van der Waals surface area (Å²) in [6.07, 6.45) is 2.15. The summed E-state index contributed by atoms with van der Waals surface area (Å²) in [5.41, 5.74) is 7.38. The minimum absolute atomic E-state index is 0.00548. The average molecular weight is 257 g/mol. The fourth-order valence-electron chi connectivity index (χ4n) is 2.58. The molecule has 2 aromatic rings. The van der Waals surface area contributed by atoms with E-state index < -0.39 is 5.91 Å². The number of aromatic amines is 1. The second-order valence-corrected chi connectivity index (χ2v) is 4.94. The van der Waals surface area contributed by atoms with Gasteiger partial charge >= 0.3 is 0 Å². The molecule has 0 saturated carbocycles. The number of hydrogen-bond acceptors (Lipinski definition) is 2. The molecule has 1 aliphatic rings. The van der Waals surface area contributed by atoms with Crippen LogP contribution in [-0.4, -0.2) is 28.2 Å². The number of nitrogens with one attached hydrogen (secondary N) is 1. The van der Waals surface area contributed by atoms with E-state index in [2.05, 4.69) is 4.98 Å². The average Bonchev–Trinajstić information content (AvgIpc) is 2.96. The summed E-state index contributed by atoms with van der Waals surface area (Å²) in [6, 6.07) is 7.95. The van der Waals surface area contributed by atoms with E-state index in [1.54, 1.807) is 4.90 Å². The van der Waals surface area contributed by atoms with Crippen LogP contribution in [0.1, 0.15) is 12.0 Å². The molecular formula is C14H15N3O2. The molecule has 5 nitrogen and oxygen atoms in total. The third-order valence-electron chi connectivity index (χ3n) is 3.65. The lowest BCUT2D eigenvalue weighted by atomic mass is 10.1. The number of amides is 2. The van der Waals surface area contributed by atoms with Crippen molar-refractivity contribution in [2.75, 3.05) is 6.54 Å². The van der Waals surface area contributed by atoms with Gasteiger partial charge in [0.05, 0.1) is 5.92 Å². The molecule has 1 aromatic carbocycles. The Morgan fingerprint density at radius 3 is 2.95 bits per heavy atom. The maximum absolute atomic E-state index is 11.9. The Labute approximate surface area is 110 Å². The molecule has 3 N–H and O–H groups in total. The normalized spacial score (nSPS) is 19.3. The number of nitrogens with zero attached hydrogens (tertiary/aromatic N) is 1. The minimum atomic E-state index is -0.394. The number of para-hydroxylation sites is 1. The maximum atomic E-state index is 11.9. The van der Waals surface area contributed by atoms with Gasteiger partial charge in [-0.2, -0.15) is 0 Å². The van der Waals surface area contributed by atoms with Gasteiger partial charge in [-0.3, -0.25) is 9.59 Å². The summed E-state index contributed by atoms with van der Waals surface area (Å²) in [5.74, 6) is -0.749. The molecule has 98 valence electrons. The largest absolute Gasteiger partial charge is 0.369 e. The molecule has 1 aliphatic heterocycles. The molecule has 1 aromatic heterocycles. The zero-order valence-electron chi connectivity index (χ0n) is 10.4. The molecule has 1 unspecified atom stereocenters. The van der Waals surface area contributed by atoms with E-state index in [4.69, 9.17) is 5.73 Å². The molecule has 2 amide bonds. The Kier molecular flexibility index (Phi) is 2.74. The van der Waals surface area contributed by atoms with E-state index in [0.717, 1.165) is 16.5 Å². The third kappa shape index (κ3) is 2.07. The van der Waals surface area contributed by atoms with Crippen LogP contribution in [0.2, 0.25) is 0 Å². The zero-order valence-corrected chi connectivity index (χ0v) is 10.4. The Morgan fingerprint density at radius 2 is 2.21 bits per heavy atom. The second kappa shape index (κ2) is 4.42. The van der Waals surface area contributed by atoms with Crippen LogP contribution >= 0.6 is 0 Å². The minimum Gasteiger partial charge on any atom is -0.369 e. The summed E-state index contributed by atoms with van der Waals surface area (Å²) in [4.78, 5) is 27.9. The Morgan fingerprint density at radius 1 is 1.42 bits per heavy atom. The summed E-state index contributed by atoms with van der Waals surface area (Å²) < 4.78 is 0. The van der Waals surface area contributed by atoms with Gasteiger partial charge < -0.3 is 15.6 Å². The van der Waals surface area contributed by atoms with Crippen LogP contribution in [0, 0.1) is 5.92 Å². The Hall–Kier alpha value is -2.30. The quantitative estimate of drug-likeness (QED) is 0.860. The fraction of sp³-hybridized carbons (Fsp3) is 0.286. The summed E-state index contributed by atoms with van der Waals surface area (Å²) in [7, 11) is 0. The first-order valence-electron chi connectivity index (χ1n) is 6.27. The number of likely N-dealkylation sites (tertiary alicyclic amines) is 1. The van der Waals surface area contributed by atoms with Crippen molar-refractivity contribution < 1.29 is 9.59 Å². The SMILES string of the molecule is NC(=O)C1CC(=O)N(Cc2c[nH]c3ccccc23)C1. The zero-order chi connectivity index (χ0) is 13.4. The van der Waals surface area contributed by atoms with Crippen molar-refractivity contribution >= 4 is 22.7 Å². The van der Waals surface area contributed by atoms with E-state index in [9.17, 15) is 9.59 Å².